The average molecular weight is 301 g/mol. The van der Waals surface area contributed by atoms with Gasteiger partial charge in [-0.15, -0.1) is 0 Å². The molecule has 0 saturated carbocycles. The molecule has 0 fully saturated rings. The lowest BCUT2D eigenvalue weighted by Crippen LogP contribution is -2.09. The molecule has 1 N–H and O–H groups in total. The van der Waals surface area contributed by atoms with Crippen molar-refractivity contribution in [2.24, 2.45) is 0 Å². The Morgan fingerprint density at radius 1 is 1.10 bits per heavy atom. The summed E-state index contributed by atoms with van der Waals surface area (Å²) in [5.74, 6) is 0.123. The standard InChI is InChI=1S/C16H10ClFN2O/c17-11-4-7-13-14(9-11)19-15(20-16(13)21)8-3-10-1-5-12(18)6-2-10/h1-9H,(H,19,20,21). The summed E-state index contributed by atoms with van der Waals surface area (Å²) < 4.78 is 12.8. The van der Waals surface area contributed by atoms with Crippen molar-refractivity contribution in [3.8, 4) is 0 Å². The highest BCUT2D eigenvalue weighted by Crippen LogP contribution is 2.15. The van der Waals surface area contributed by atoms with Crippen LogP contribution in [0.4, 0.5) is 4.39 Å². The summed E-state index contributed by atoms with van der Waals surface area (Å²) in [6.45, 7) is 0. The predicted octanol–water partition coefficient (Wildman–Crippen LogP) is 3.89. The number of nitrogens with one attached hydrogen (secondary N) is 1. The maximum Gasteiger partial charge on any atom is 0.259 e. The minimum Gasteiger partial charge on any atom is -0.306 e. The first-order valence-corrected chi connectivity index (χ1v) is 6.63. The van der Waals surface area contributed by atoms with Crippen molar-refractivity contribution in [3.63, 3.8) is 0 Å². The van der Waals surface area contributed by atoms with E-state index in [9.17, 15) is 9.18 Å². The van der Waals surface area contributed by atoms with Crippen LogP contribution < -0.4 is 5.56 Å². The van der Waals surface area contributed by atoms with Gasteiger partial charge in [-0.1, -0.05) is 29.8 Å². The fourth-order valence-corrected chi connectivity index (χ4v) is 2.13. The van der Waals surface area contributed by atoms with Crippen LogP contribution in [-0.2, 0) is 0 Å². The van der Waals surface area contributed by atoms with E-state index in [-0.39, 0.29) is 11.4 Å². The van der Waals surface area contributed by atoms with E-state index in [1.54, 1.807) is 42.5 Å². The summed E-state index contributed by atoms with van der Waals surface area (Å²) in [6.07, 6.45) is 3.41. The maximum absolute atomic E-state index is 12.8. The first-order valence-electron chi connectivity index (χ1n) is 6.25. The lowest BCUT2D eigenvalue weighted by Gasteiger charge is -1.99. The topological polar surface area (TPSA) is 45.8 Å². The number of benzene rings is 2. The summed E-state index contributed by atoms with van der Waals surface area (Å²) in [5.41, 5.74) is 1.12. The highest BCUT2D eigenvalue weighted by molar-refractivity contribution is 6.31. The zero-order valence-electron chi connectivity index (χ0n) is 10.8. The summed E-state index contributed by atoms with van der Waals surface area (Å²) in [4.78, 5) is 19.0. The van der Waals surface area contributed by atoms with Crippen LogP contribution in [0.25, 0.3) is 23.1 Å². The van der Waals surface area contributed by atoms with Crippen LogP contribution in [0.2, 0.25) is 5.02 Å². The Labute approximate surface area is 124 Å². The zero-order chi connectivity index (χ0) is 14.8. The van der Waals surface area contributed by atoms with E-state index in [1.807, 2.05) is 0 Å². The Bertz CT molecular complexity index is 885. The van der Waals surface area contributed by atoms with E-state index < -0.39 is 0 Å². The smallest absolute Gasteiger partial charge is 0.259 e. The summed E-state index contributed by atoms with van der Waals surface area (Å²) in [5, 5.41) is 1.01. The molecule has 0 unspecified atom stereocenters. The van der Waals surface area contributed by atoms with E-state index in [1.165, 1.54) is 12.1 Å². The lowest BCUT2D eigenvalue weighted by molar-refractivity contribution is 0.628. The molecule has 0 radical (unpaired) electrons. The molecular weight excluding hydrogens is 291 g/mol. The summed E-state index contributed by atoms with van der Waals surface area (Å²) in [6, 6.07) is 10.9. The van der Waals surface area contributed by atoms with Crippen LogP contribution in [0.15, 0.2) is 47.3 Å². The monoisotopic (exact) mass is 300 g/mol. The molecule has 21 heavy (non-hydrogen) atoms. The van der Waals surface area contributed by atoms with Gasteiger partial charge in [-0.3, -0.25) is 4.79 Å². The van der Waals surface area contributed by atoms with Crippen molar-refractivity contribution in [3.05, 3.63) is 75.0 Å². The Balaban J connectivity index is 2.01. The highest BCUT2D eigenvalue weighted by atomic mass is 35.5. The van der Waals surface area contributed by atoms with Crippen molar-refractivity contribution < 1.29 is 4.39 Å². The predicted molar refractivity (Wildman–Crippen MR) is 82.7 cm³/mol. The van der Waals surface area contributed by atoms with Crippen molar-refractivity contribution in [1.29, 1.82) is 0 Å². The number of rotatable bonds is 2. The number of aromatic amines is 1. The first-order chi connectivity index (χ1) is 10.1. The molecule has 5 heteroatoms. The molecule has 1 aromatic heterocycles. The van der Waals surface area contributed by atoms with E-state index in [4.69, 9.17) is 11.6 Å². The minimum atomic E-state index is -0.293. The molecule has 0 bridgehead atoms. The first kappa shape index (κ1) is 13.5. The van der Waals surface area contributed by atoms with Crippen LogP contribution in [0.3, 0.4) is 0 Å². The number of hydrogen-bond donors (Lipinski definition) is 1. The van der Waals surface area contributed by atoms with Gasteiger partial charge in [0.2, 0.25) is 0 Å². The van der Waals surface area contributed by atoms with Crippen molar-refractivity contribution in [1.82, 2.24) is 9.97 Å². The number of nitrogens with zero attached hydrogens (tertiary/aromatic N) is 1. The van der Waals surface area contributed by atoms with E-state index in [0.717, 1.165) is 5.56 Å². The van der Waals surface area contributed by atoms with Gasteiger partial charge in [0.1, 0.15) is 11.6 Å². The second kappa shape index (κ2) is 5.50. The molecule has 1 heterocycles. The molecule has 0 aliphatic rings. The van der Waals surface area contributed by atoms with Crippen molar-refractivity contribution in [2.75, 3.05) is 0 Å². The lowest BCUT2D eigenvalue weighted by atomic mass is 10.2. The van der Waals surface area contributed by atoms with Gasteiger partial charge >= 0.3 is 0 Å². The Hall–Kier alpha value is -2.46. The molecular formula is C16H10ClFN2O. The average Bonchev–Trinajstić information content (AvgIpc) is 2.46. The normalized spacial score (nSPS) is 11.3. The molecule has 0 aliphatic carbocycles. The van der Waals surface area contributed by atoms with Gasteiger partial charge in [0.05, 0.1) is 10.9 Å². The number of aromatic nitrogens is 2. The van der Waals surface area contributed by atoms with E-state index in [2.05, 4.69) is 9.97 Å². The van der Waals surface area contributed by atoms with E-state index in [0.29, 0.717) is 21.7 Å². The van der Waals surface area contributed by atoms with Gasteiger partial charge in [0, 0.05) is 5.02 Å². The summed E-state index contributed by atoms with van der Waals surface area (Å²) >= 11 is 5.91. The molecule has 3 aromatic rings. The molecule has 0 aliphatic heterocycles. The van der Waals surface area contributed by atoms with Crippen LogP contribution in [0, 0.1) is 5.82 Å². The Morgan fingerprint density at radius 2 is 1.86 bits per heavy atom. The Morgan fingerprint density at radius 3 is 2.62 bits per heavy atom. The van der Waals surface area contributed by atoms with Crippen molar-refractivity contribution >= 4 is 34.7 Å². The molecule has 0 saturated heterocycles. The van der Waals surface area contributed by atoms with E-state index >= 15 is 0 Å². The SMILES string of the molecule is O=c1[nH]c(C=Cc2ccc(F)cc2)nc2cc(Cl)ccc12. The van der Waals surface area contributed by atoms with Crippen LogP contribution in [0.1, 0.15) is 11.4 Å². The van der Waals surface area contributed by atoms with Crippen LogP contribution in [-0.4, -0.2) is 9.97 Å². The van der Waals surface area contributed by atoms with Crippen LogP contribution >= 0.6 is 11.6 Å². The largest absolute Gasteiger partial charge is 0.306 e. The van der Waals surface area contributed by atoms with Crippen LogP contribution in [0.5, 0.6) is 0 Å². The number of H-pyrrole nitrogens is 1. The van der Waals surface area contributed by atoms with Gasteiger partial charge in [-0.2, -0.15) is 0 Å². The molecule has 0 atom stereocenters. The number of fused-ring (bicyclic) bond motifs is 1. The molecule has 2 aromatic carbocycles. The quantitative estimate of drug-likeness (QED) is 0.780. The highest BCUT2D eigenvalue weighted by Gasteiger charge is 2.02. The second-order valence-corrected chi connectivity index (χ2v) is 4.93. The fourth-order valence-electron chi connectivity index (χ4n) is 1.96. The van der Waals surface area contributed by atoms with Gasteiger partial charge in [0.25, 0.3) is 5.56 Å². The van der Waals surface area contributed by atoms with Gasteiger partial charge in [-0.25, -0.2) is 9.37 Å². The molecule has 3 rings (SSSR count). The second-order valence-electron chi connectivity index (χ2n) is 4.50. The van der Waals surface area contributed by atoms with Gasteiger partial charge in [0.15, 0.2) is 0 Å². The molecule has 3 nitrogen and oxygen atoms in total. The number of hydrogen-bond acceptors (Lipinski definition) is 2. The fraction of sp³-hybridized carbons (Fsp3) is 0. The third-order valence-corrected chi connectivity index (χ3v) is 3.23. The van der Waals surface area contributed by atoms with Gasteiger partial charge < -0.3 is 4.98 Å². The molecule has 104 valence electrons. The third kappa shape index (κ3) is 3.01. The minimum absolute atomic E-state index is 0.226. The zero-order valence-corrected chi connectivity index (χ0v) is 11.6. The maximum atomic E-state index is 12.8. The summed E-state index contributed by atoms with van der Waals surface area (Å²) in [7, 11) is 0. The molecule has 0 amide bonds. The van der Waals surface area contributed by atoms with Gasteiger partial charge in [-0.05, 0) is 42.0 Å². The molecule has 0 spiro atoms. The van der Waals surface area contributed by atoms with Crippen molar-refractivity contribution in [2.45, 2.75) is 0 Å². The number of halogens is 2. The Kier molecular flexibility index (Phi) is 3.54. The third-order valence-electron chi connectivity index (χ3n) is 2.99.